The van der Waals surface area contributed by atoms with Crippen molar-refractivity contribution in [1.82, 2.24) is 24.8 Å². The van der Waals surface area contributed by atoms with Crippen molar-refractivity contribution in [2.45, 2.75) is 12.6 Å². The molecule has 2 heterocycles. The topological polar surface area (TPSA) is 58.5 Å². The van der Waals surface area contributed by atoms with Gasteiger partial charge in [-0.2, -0.15) is 0 Å². The number of hydrogen-bond acceptors (Lipinski definition) is 3. The fourth-order valence-corrected chi connectivity index (χ4v) is 2.22. The smallest absolute Gasteiger partial charge is 0.127 e. The van der Waals surface area contributed by atoms with Crippen LogP contribution >= 0.6 is 0 Å². The van der Waals surface area contributed by atoms with Crippen molar-refractivity contribution in [3.05, 3.63) is 72.6 Å². The molecule has 0 amide bonds. The van der Waals surface area contributed by atoms with E-state index in [-0.39, 0.29) is 11.9 Å². The zero-order valence-electron chi connectivity index (χ0n) is 11.4. The summed E-state index contributed by atoms with van der Waals surface area (Å²) in [6, 6.07) is 6.37. The Balaban J connectivity index is 1.72. The maximum atomic E-state index is 13.1. The van der Waals surface area contributed by atoms with Gasteiger partial charge in [-0.3, -0.25) is 0 Å². The van der Waals surface area contributed by atoms with E-state index in [1.54, 1.807) is 37.1 Å². The molecule has 6 heteroatoms. The lowest BCUT2D eigenvalue weighted by Gasteiger charge is -2.17. The molecule has 108 valence electrons. The number of H-pyrrole nitrogens is 1. The monoisotopic (exact) mass is 285 g/mol. The van der Waals surface area contributed by atoms with Crippen LogP contribution in [0.25, 0.3) is 0 Å². The Hall–Kier alpha value is -2.47. The molecule has 1 aromatic carbocycles. The summed E-state index contributed by atoms with van der Waals surface area (Å²) in [6.45, 7) is 1.55. The first kappa shape index (κ1) is 13.5. The van der Waals surface area contributed by atoms with Gasteiger partial charge in [0, 0.05) is 37.9 Å². The highest BCUT2D eigenvalue weighted by molar-refractivity contribution is 5.25. The standard InChI is InChI=1S/C15H16FN5/c16-13-3-1-12(2-4-13)14(15-19-5-6-20-15)18-8-10-21-9-7-17-11-21/h1-7,9,11,14,18H,8,10H2,(H,19,20). The van der Waals surface area contributed by atoms with Crippen molar-refractivity contribution in [1.29, 1.82) is 0 Å². The van der Waals surface area contributed by atoms with E-state index in [1.807, 2.05) is 10.8 Å². The predicted octanol–water partition coefficient (Wildman–Crippen LogP) is 2.12. The molecule has 0 saturated heterocycles. The Kier molecular flexibility index (Phi) is 4.07. The van der Waals surface area contributed by atoms with Crippen LogP contribution in [0.1, 0.15) is 17.4 Å². The molecular weight excluding hydrogens is 269 g/mol. The Morgan fingerprint density at radius 2 is 2.10 bits per heavy atom. The van der Waals surface area contributed by atoms with Crippen molar-refractivity contribution in [2.75, 3.05) is 6.54 Å². The second-order valence-corrected chi connectivity index (χ2v) is 4.71. The van der Waals surface area contributed by atoms with Crippen LogP contribution in [-0.2, 0) is 6.54 Å². The van der Waals surface area contributed by atoms with E-state index < -0.39 is 0 Å². The number of imidazole rings is 2. The van der Waals surface area contributed by atoms with Gasteiger partial charge < -0.3 is 14.9 Å². The van der Waals surface area contributed by atoms with Gasteiger partial charge in [-0.1, -0.05) is 12.1 Å². The number of aromatic amines is 1. The molecule has 21 heavy (non-hydrogen) atoms. The number of aromatic nitrogens is 4. The Morgan fingerprint density at radius 1 is 1.24 bits per heavy atom. The van der Waals surface area contributed by atoms with E-state index in [0.717, 1.165) is 24.5 Å². The van der Waals surface area contributed by atoms with Gasteiger partial charge in [-0.05, 0) is 17.7 Å². The summed E-state index contributed by atoms with van der Waals surface area (Å²) in [5.41, 5.74) is 0.969. The highest BCUT2D eigenvalue weighted by atomic mass is 19.1. The number of nitrogens with one attached hydrogen (secondary N) is 2. The summed E-state index contributed by atoms with van der Waals surface area (Å²) in [6.07, 6.45) is 8.94. The highest BCUT2D eigenvalue weighted by Gasteiger charge is 2.15. The van der Waals surface area contributed by atoms with Gasteiger partial charge in [0.05, 0.1) is 12.4 Å². The first-order valence-corrected chi connectivity index (χ1v) is 6.77. The zero-order valence-corrected chi connectivity index (χ0v) is 11.4. The number of rotatable bonds is 6. The maximum absolute atomic E-state index is 13.1. The van der Waals surface area contributed by atoms with Gasteiger partial charge in [0.15, 0.2) is 0 Å². The lowest BCUT2D eigenvalue weighted by Crippen LogP contribution is -2.27. The molecule has 0 radical (unpaired) electrons. The minimum absolute atomic E-state index is 0.0934. The Bertz CT molecular complexity index is 646. The van der Waals surface area contributed by atoms with Crippen molar-refractivity contribution in [3.63, 3.8) is 0 Å². The van der Waals surface area contributed by atoms with Crippen molar-refractivity contribution in [3.8, 4) is 0 Å². The van der Waals surface area contributed by atoms with Crippen LogP contribution in [-0.4, -0.2) is 26.1 Å². The summed E-state index contributed by atoms with van der Waals surface area (Å²) in [5.74, 6) is 0.572. The van der Waals surface area contributed by atoms with E-state index in [2.05, 4.69) is 20.3 Å². The molecule has 5 nitrogen and oxygen atoms in total. The van der Waals surface area contributed by atoms with Crippen LogP contribution in [0.2, 0.25) is 0 Å². The van der Waals surface area contributed by atoms with Crippen LogP contribution in [0, 0.1) is 5.82 Å². The molecule has 0 aliphatic carbocycles. The molecule has 3 aromatic rings. The third-order valence-electron chi connectivity index (χ3n) is 3.27. The Morgan fingerprint density at radius 3 is 2.76 bits per heavy atom. The van der Waals surface area contributed by atoms with Gasteiger partial charge in [-0.25, -0.2) is 14.4 Å². The second kappa shape index (κ2) is 6.32. The molecule has 1 atom stereocenters. The van der Waals surface area contributed by atoms with E-state index in [9.17, 15) is 4.39 Å². The van der Waals surface area contributed by atoms with Crippen LogP contribution in [0.15, 0.2) is 55.4 Å². The third-order valence-corrected chi connectivity index (χ3v) is 3.27. The summed E-state index contributed by atoms with van der Waals surface area (Å²) >= 11 is 0. The molecule has 0 saturated carbocycles. The zero-order chi connectivity index (χ0) is 14.5. The average molecular weight is 285 g/mol. The summed E-state index contributed by atoms with van der Waals surface area (Å²) in [7, 11) is 0. The molecule has 0 bridgehead atoms. The minimum Gasteiger partial charge on any atom is -0.347 e. The molecule has 0 spiro atoms. The highest BCUT2D eigenvalue weighted by Crippen LogP contribution is 2.19. The molecule has 2 aromatic heterocycles. The van der Waals surface area contributed by atoms with Crippen LogP contribution in [0.5, 0.6) is 0 Å². The first-order chi connectivity index (χ1) is 10.3. The lowest BCUT2D eigenvalue weighted by atomic mass is 10.1. The minimum atomic E-state index is -0.240. The number of halogens is 1. The summed E-state index contributed by atoms with van der Waals surface area (Å²) in [5, 5.41) is 3.43. The quantitative estimate of drug-likeness (QED) is 0.729. The maximum Gasteiger partial charge on any atom is 0.127 e. The fraction of sp³-hybridized carbons (Fsp3) is 0.200. The predicted molar refractivity (Wildman–Crippen MR) is 77.1 cm³/mol. The molecule has 0 fully saturated rings. The second-order valence-electron chi connectivity index (χ2n) is 4.71. The SMILES string of the molecule is Fc1ccc(C(NCCn2ccnc2)c2ncc[nH]2)cc1. The third kappa shape index (κ3) is 3.35. The fourth-order valence-electron chi connectivity index (χ4n) is 2.22. The van der Waals surface area contributed by atoms with Gasteiger partial charge in [0.2, 0.25) is 0 Å². The van der Waals surface area contributed by atoms with E-state index in [0.29, 0.717) is 0 Å². The lowest BCUT2D eigenvalue weighted by molar-refractivity contribution is 0.535. The number of benzene rings is 1. The molecule has 1 unspecified atom stereocenters. The molecule has 0 aliphatic rings. The molecule has 3 rings (SSSR count). The van der Waals surface area contributed by atoms with E-state index in [4.69, 9.17) is 0 Å². The summed E-state index contributed by atoms with van der Waals surface area (Å²) in [4.78, 5) is 11.4. The van der Waals surface area contributed by atoms with Crippen molar-refractivity contribution >= 4 is 0 Å². The van der Waals surface area contributed by atoms with Crippen LogP contribution in [0.3, 0.4) is 0 Å². The van der Waals surface area contributed by atoms with Gasteiger partial charge >= 0.3 is 0 Å². The van der Waals surface area contributed by atoms with E-state index in [1.165, 1.54) is 12.1 Å². The van der Waals surface area contributed by atoms with Crippen LogP contribution < -0.4 is 5.32 Å². The van der Waals surface area contributed by atoms with Crippen molar-refractivity contribution < 1.29 is 4.39 Å². The van der Waals surface area contributed by atoms with Gasteiger partial charge in [0.1, 0.15) is 11.6 Å². The Labute approximate surface area is 121 Å². The largest absolute Gasteiger partial charge is 0.347 e. The molecule has 2 N–H and O–H groups in total. The molecular formula is C15H16FN5. The number of hydrogen-bond donors (Lipinski definition) is 2. The van der Waals surface area contributed by atoms with Gasteiger partial charge in [-0.15, -0.1) is 0 Å². The van der Waals surface area contributed by atoms with Crippen molar-refractivity contribution in [2.24, 2.45) is 0 Å². The molecule has 0 aliphatic heterocycles. The first-order valence-electron chi connectivity index (χ1n) is 6.77. The van der Waals surface area contributed by atoms with Gasteiger partial charge in [0.25, 0.3) is 0 Å². The average Bonchev–Trinajstić information content (AvgIpc) is 3.18. The van der Waals surface area contributed by atoms with E-state index >= 15 is 0 Å². The van der Waals surface area contributed by atoms with Crippen LogP contribution in [0.4, 0.5) is 4.39 Å². The summed E-state index contributed by atoms with van der Waals surface area (Å²) < 4.78 is 15.1. The number of nitrogens with zero attached hydrogens (tertiary/aromatic N) is 3. The normalized spacial score (nSPS) is 12.4.